The Labute approximate surface area is 166 Å². The lowest BCUT2D eigenvalue weighted by Gasteiger charge is -2.21. The average molecular weight is 400 g/mol. The second-order valence-corrected chi connectivity index (χ2v) is 6.63. The van der Waals surface area contributed by atoms with Crippen LogP contribution >= 0.6 is 0 Å². The molecule has 0 saturated carbocycles. The maximum atomic E-state index is 12.3. The van der Waals surface area contributed by atoms with Gasteiger partial charge in [0.25, 0.3) is 11.6 Å². The van der Waals surface area contributed by atoms with E-state index in [1.165, 1.54) is 19.1 Å². The van der Waals surface area contributed by atoms with Crippen LogP contribution in [0.4, 0.5) is 5.69 Å². The smallest absolute Gasteiger partial charge is 0.328 e. The number of nitrogens with one attached hydrogen (secondary N) is 1. The van der Waals surface area contributed by atoms with Crippen LogP contribution in [0.15, 0.2) is 36.4 Å². The summed E-state index contributed by atoms with van der Waals surface area (Å²) in [5, 5.41) is 13.7. The molecule has 9 nitrogen and oxygen atoms in total. The molecular formula is C20H20N2O7. The molecule has 2 aromatic rings. The first-order valence-corrected chi connectivity index (χ1v) is 8.90. The second-order valence-electron chi connectivity index (χ2n) is 6.63. The number of rotatable bonds is 6. The molecule has 2 aromatic carbocycles. The number of carbonyl (C=O) groups excluding carboxylic acids is 2. The minimum absolute atomic E-state index is 0.00864. The van der Waals surface area contributed by atoms with E-state index < -0.39 is 22.8 Å². The summed E-state index contributed by atoms with van der Waals surface area (Å²) in [5.74, 6) is -0.657. The van der Waals surface area contributed by atoms with Crippen molar-refractivity contribution in [2.75, 3.05) is 6.79 Å². The lowest BCUT2D eigenvalue weighted by molar-refractivity contribution is -0.385. The highest BCUT2D eigenvalue weighted by atomic mass is 16.7. The van der Waals surface area contributed by atoms with Crippen LogP contribution in [0.1, 0.15) is 34.0 Å². The number of nitro groups is 1. The fourth-order valence-electron chi connectivity index (χ4n) is 2.89. The predicted octanol–water partition coefficient (Wildman–Crippen LogP) is 2.63. The quantitative estimate of drug-likeness (QED) is 0.450. The minimum atomic E-state index is -0.901. The molecule has 0 fully saturated rings. The largest absolute Gasteiger partial charge is 0.467 e. The van der Waals surface area contributed by atoms with Crippen LogP contribution < -0.4 is 10.1 Å². The zero-order valence-electron chi connectivity index (χ0n) is 16.0. The number of fused-ring (bicyclic) bond motifs is 1. The summed E-state index contributed by atoms with van der Waals surface area (Å²) < 4.78 is 15.8. The van der Waals surface area contributed by atoms with Gasteiger partial charge in [-0.2, -0.15) is 0 Å². The number of benzene rings is 2. The Balaban J connectivity index is 1.66. The van der Waals surface area contributed by atoms with E-state index in [1.807, 2.05) is 13.0 Å². The molecule has 1 aliphatic rings. The second kappa shape index (κ2) is 8.70. The van der Waals surface area contributed by atoms with Crippen LogP contribution in [0.2, 0.25) is 0 Å². The first-order chi connectivity index (χ1) is 13.8. The van der Waals surface area contributed by atoms with Gasteiger partial charge in [0.15, 0.2) is 6.79 Å². The van der Waals surface area contributed by atoms with Crippen molar-refractivity contribution in [1.29, 1.82) is 0 Å². The molecule has 29 heavy (non-hydrogen) atoms. The predicted molar refractivity (Wildman–Crippen MR) is 101 cm³/mol. The Morgan fingerprint density at radius 2 is 2.10 bits per heavy atom. The van der Waals surface area contributed by atoms with Gasteiger partial charge in [0.1, 0.15) is 18.4 Å². The average Bonchev–Trinajstić information content (AvgIpc) is 2.71. The Morgan fingerprint density at radius 1 is 1.31 bits per heavy atom. The molecule has 0 bridgehead atoms. The van der Waals surface area contributed by atoms with Gasteiger partial charge in [-0.05, 0) is 26.0 Å². The molecule has 3 rings (SSSR count). The number of hydrogen-bond acceptors (Lipinski definition) is 7. The van der Waals surface area contributed by atoms with Gasteiger partial charge in [0.2, 0.25) is 0 Å². The van der Waals surface area contributed by atoms with E-state index in [0.29, 0.717) is 22.4 Å². The molecule has 0 unspecified atom stereocenters. The zero-order chi connectivity index (χ0) is 21.0. The van der Waals surface area contributed by atoms with Crippen molar-refractivity contribution in [3.63, 3.8) is 0 Å². The highest BCUT2D eigenvalue weighted by molar-refractivity contribution is 5.96. The van der Waals surface area contributed by atoms with E-state index >= 15 is 0 Å². The van der Waals surface area contributed by atoms with Crippen molar-refractivity contribution in [2.45, 2.75) is 33.1 Å². The van der Waals surface area contributed by atoms with E-state index in [9.17, 15) is 19.7 Å². The maximum absolute atomic E-state index is 12.3. The fraction of sp³-hybridized carbons (Fsp3) is 0.300. The van der Waals surface area contributed by atoms with Crippen molar-refractivity contribution < 1.29 is 28.7 Å². The van der Waals surface area contributed by atoms with Crippen LogP contribution in [-0.4, -0.2) is 29.6 Å². The molecule has 0 saturated heterocycles. The number of hydrogen-bond donors (Lipinski definition) is 1. The highest BCUT2D eigenvalue weighted by Crippen LogP contribution is 2.33. The van der Waals surface area contributed by atoms with Gasteiger partial charge in [0, 0.05) is 28.8 Å². The third kappa shape index (κ3) is 4.88. The Morgan fingerprint density at radius 3 is 2.83 bits per heavy atom. The fourth-order valence-corrected chi connectivity index (χ4v) is 2.89. The lowest BCUT2D eigenvalue weighted by Crippen LogP contribution is -2.39. The molecule has 1 N–H and O–H groups in total. The molecule has 9 heteroatoms. The van der Waals surface area contributed by atoms with Crippen molar-refractivity contribution >= 4 is 17.6 Å². The van der Waals surface area contributed by atoms with Gasteiger partial charge in [0.05, 0.1) is 11.5 Å². The summed E-state index contributed by atoms with van der Waals surface area (Å²) in [6, 6.07) is 8.74. The van der Waals surface area contributed by atoms with Crippen LogP contribution in [0.3, 0.4) is 0 Å². The lowest BCUT2D eigenvalue weighted by atomic mass is 10.1. The maximum Gasteiger partial charge on any atom is 0.328 e. The van der Waals surface area contributed by atoms with E-state index in [0.717, 1.165) is 5.56 Å². The van der Waals surface area contributed by atoms with Crippen LogP contribution in [-0.2, 0) is 27.5 Å². The van der Waals surface area contributed by atoms with Gasteiger partial charge < -0.3 is 19.5 Å². The number of nitrogens with zero attached hydrogens (tertiary/aromatic N) is 1. The Kier molecular flexibility index (Phi) is 6.08. The number of esters is 1. The first kappa shape index (κ1) is 20.3. The number of nitro benzene ring substituents is 1. The summed E-state index contributed by atoms with van der Waals surface area (Å²) in [5.41, 5.74) is 2.09. The summed E-state index contributed by atoms with van der Waals surface area (Å²) in [4.78, 5) is 35.2. The van der Waals surface area contributed by atoms with E-state index in [2.05, 4.69) is 5.32 Å². The van der Waals surface area contributed by atoms with Gasteiger partial charge in [-0.3, -0.25) is 14.9 Å². The number of non-ortho nitro benzene ring substituents is 1. The minimum Gasteiger partial charge on any atom is -0.467 e. The van der Waals surface area contributed by atoms with Gasteiger partial charge >= 0.3 is 5.97 Å². The molecule has 0 aliphatic carbocycles. The van der Waals surface area contributed by atoms with Crippen molar-refractivity contribution in [3.8, 4) is 5.75 Å². The number of ether oxygens (including phenoxy) is 3. The zero-order valence-corrected chi connectivity index (χ0v) is 16.0. The van der Waals surface area contributed by atoms with E-state index in [1.54, 1.807) is 18.2 Å². The number of carbonyl (C=O) groups is 2. The van der Waals surface area contributed by atoms with Crippen molar-refractivity contribution in [1.82, 2.24) is 5.32 Å². The van der Waals surface area contributed by atoms with E-state index in [4.69, 9.17) is 14.2 Å². The molecule has 1 amide bonds. The normalized spacial score (nSPS) is 13.6. The van der Waals surface area contributed by atoms with Gasteiger partial charge in [-0.1, -0.05) is 17.7 Å². The molecule has 1 aliphatic heterocycles. The summed E-state index contributed by atoms with van der Waals surface area (Å²) in [6.45, 7) is 3.31. The number of amides is 1. The van der Waals surface area contributed by atoms with Crippen LogP contribution in [0.25, 0.3) is 0 Å². The third-order valence-corrected chi connectivity index (χ3v) is 4.33. The first-order valence-electron chi connectivity index (χ1n) is 8.90. The van der Waals surface area contributed by atoms with Crippen LogP contribution in [0, 0.1) is 17.0 Å². The summed E-state index contributed by atoms with van der Waals surface area (Å²) >= 11 is 0. The summed E-state index contributed by atoms with van der Waals surface area (Å²) in [6.07, 6.45) is 0. The molecule has 1 atom stereocenters. The Bertz CT molecular complexity index is 958. The monoisotopic (exact) mass is 400 g/mol. The molecule has 0 radical (unpaired) electrons. The van der Waals surface area contributed by atoms with Crippen molar-refractivity contribution in [3.05, 3.63) is 68.8 Å². The molecule has 152 valence electrons. The topological polar surface area (TPSA) is 117 Å². The number of aryl methyl sites for hydroxylation is 1. The van der Waals surface area contributed by atoms with Crippen LogP contribution in [0.5, 0.6) is 5.75 Å². The van der Waals surface area contributed by atoms with Crippen molar-refractivity contribution in [2.24, 2.45) is 0 Å². The molecule has 1 heterocycles. The third-order valence-electron chi connectivity index (χ3n) is 4.33. The van der Waals surface area contributed by atoms with Gasteiger partial charge in [-0.15, -0.1) is 0 Å². The highest BCUT2D eigenvalue weighted by Gasteiger charge is 2.23. The van der Waals surface area contributed by atoms with Gasteiger partial charge in [-0.25, -0.2) is 4.79 Å². The standard InChI is InChI=1S/C20H20N2O7/c1-12-4-3-5-14(6-12)19(23)21-13(2)20(24)28-10-16-8-17(22(25)26)7-15-9-27-11-29-18(15)16/h3-8,13H,9-11H2,1-2H3,(H,21,23)/t13-/m0/s1. The molecule has 0 spiro atoms. The SMILES string of the molecule is Cc1cccc(C(=O)N[C@@H](C)C(=O)OCc2cc([N+](=O)[O-])cc3c2OCOC3)c1. The molecular weight excluding hydrogens is 380 g/mol. The Hall–Kier alpha value is -3.46. The molecule has 0 aromatic heterocycles. The van der Waals surface area contributed by atoms with E-state index in [-0.39, 0.29) is 25.7 Å². The summed E-state index contributed by atoms with van der Waals surface area (Å²) in [7, 11) is 0.